The third kappa shape index (κ3) is 4.89. The van der Waals surface area contributed by atoms with Gasteiger partial charge >= 0.3 is 0 Å². The van der Waals surface area contributed by atoms with Crippen molar-refractivity contribution >= 4 is 51.3 Å². The largest absolute Gasteiger partial charge is 0.378 e. The van der Waals surface area contributed by atoms with Crippen LogP contribution in [-0.4, -0.2) is 47.2 Å². The number of H-pyrrole nitrogens is 1. The molecule has 1 aliphatic heterocycles. The number of anilines is 2. The van der Waals surface area contributed by atoms with Crippen molar-refractivity contribution in [3.8, 4) is 10.6 Å². The van der Waals surface area contributed by atoms with Crippen LogP contribution in [0.3, 0.4) is 0 Å². The Hall–Kier alpha value is -2.27. The number of carbonyl (C=O) groups is 1. The molecule has 4 rings (SSSR count). The first-order valence-corrected chi connectivity index (χ1v) is 11.5. The number of aromatic amines is 1. The number of carbonyl (C=O) groups excluding carboxylic acids is 1. The van der Waals surface area contributed by atoms with E-state index in [1.54, 1.807) is 6.92 Å². The normalized spacial score (nSPS) is 14.1. The summed E-state index contributed by atoms with van der Waals surface area (Å²) in [6.07, 6.45) is 0.477. The summed E-state index contributed by atoms with van der Waals surface area (Å²) in [4.78, 5) is 39.6. The van der Waals surface area contributed by atoms with Crippen LogP contribution in [0.25, 0.3) is 10.6 Å². The van der Waals surface area contributed by atoms with Crippen molar-refractivity contribution in [2.45, 2.75) is 19.8 Å². The van der Waals surface area contributed by atoms with Gasteiger partial charge in [-0.3, -0.25) is 14.6 Å². The average Bonchev–Trinajstić information content (AvgIpc) is 3.36. The van der Waals surface area contributed by atoms with Gasteiger partial charge in [0.2, 0.25) is 11.9 Å². The standard InChI is InChI=1S/C19H20ClN5O3S2/c1-11-12(17(27)24-18(21-11)25-6-8-28-9-7-25)2-5-16(26)23-19-22-13(10-29-19)14-3-4-15(20)30-14/h3-4,10H,2,5-9H2,1H3,(H,21,24,27)(H,22,23,26). The van der Waals surface area contributed by atoms with Crippen molar-refractivity contribution < 1.29 is 9.53 Å². The molecule has 4 heterocycles. The van der Waals surface area contributed by atoms with Gasteiger partial charge in [0.25, 0.3) is 5.56 Å². The molecule has 1 saturated heterocycles. The molecular weight excluding hydrogens is 446 g/mol. The number of ether oxygens (including phenoxy) is 1. The molecule has 1 fully saturated rings. The number of thiazole rings is 1. The highest BCUT2D eigenvalue weighted by Gasteiger charge is 2.17. The highest BCUT2D eigenvalue weighted by molar-refractivity contribution is 7.20. The predicted molar refractivity (Wildman–Crippen MR) is 120 cm³/mol. The third-order valence-corrected chi connectivity index (χ3v) is 6.71. The van der Waals surface area contributed by atoms with Crippen molar-refractivity contribution in [2.24, 2.45) is 0 Å². The van der Waals surface area contributed by atoms with Crippen LogP contribution in [0.5, 0.6) is 0 Å². The summed E-state index contributed by atoms with van der Waals surface area (Å²) in [7, 11) is 0. The van der Waals surface area contributed by atoms with E-state index in [4.69, 9.17) is 16.3 Å². The summed E-state index contributed by atoms with van der Waals surface area (Å²) >= 11 is 8.75. The van der Waals surface area contributed by atoms with E-state index in [1.807, 2.05) is 22.4 Å². The molecular formula is C19H20ClN5O3S2. The number of nitrogens with one attached hydrogen (secondary N) is 2. The Bertz CT molecular complexity index is 1100. The number of aryl methyl sites for hydroxylation is 1. The summed E-state index contributed by atoms with van der Waals surface area (Å²) in [6, 6.07) is 3.72. The highest BCUT2D eigenvalue weighted by atomic mass is 35.5. The second-order valence-electron chi connectivity index (χ2n) is 6.74. The van der Waals surface area contributed by atoms with Gasteiger partial charge in [-0.25, -0.2) is 9.97 Å². The number of halogens is 1. The lowest BCUT2D eigenvalue weighted by Crippen LogP contribution is -2.38. The lowest BCUT2D eigenvalue weighted by atomic mass is 10.1. The number of hydrogen-bond acceptors (Lipinski definition) is 8. The van der Waals surface area contributed by atoms with Crippen LogP contribution in [-0.2, 0) is 16.0 Å². The zero-order valence-corrected chi connectivity index (χ0v) is 18.6. The molecule has 3 aromatic heterocycles. The Balaban J connectivity index is 1.37. The number of hydrogen-bond donors (Lipinski definition) is 2. The van der Waals surface area contributed by atoms with E-state index in [1.165, 1.54) is 22.7 Å². The summed E-state index contributed by atoms with van der Waals surface area (Å²) in [6.45, 7) is 4.41. The van der Waals surface area contributed by atoms with Gasteiger partial charge in [-0.2, -0.15) is 0 Å². The van der Waals surface area contributed by atoms with Crippen LogP contribution in [0.4, 0.5) is 11.1 Å². The molecule has 0 aromatic carbocycles. The predicted octanol–water partition coefficient (Wildman–Crippen LogP) is 3.32. The molecule has 158 valence electrons. The maximum absolute atomic E-state index is 12.5. The Labute approximate surface area is 185 Å². The fraction of sp³-hybridized carbons (Fsp3) is 0.368. The molecule has 0 radical (unpaired) electrons. The quantitative estimate of drug-likeness (QED) is 0.579. The lowest BCUT2D eigenvalue weighted by Gasteiger charge is -2.27. The van der Waals surface area contributed by atoms with Crippen LogP contribution in [0, 0.1) is 6.92 Å². The minimum atomic E-state index is -0.206. The zero-order chi connectivity index (χ0) is 21.1. The minimum Gasteiger partial charge on any atom is -0.378 e. The number of morpholine rings is 1. The maximum Gasteiger partial charge on any atom is 0.255 e. The Morgan fingerprint density at radius 3 is 2.83 bits per heavy atom. The van der Waals surface area contributed by atoms with Gasteiger partial charge in [0, 0.05) is 36.1 Å². The SMILES string of the molecule is Cc1nc(N2CCOCC2)[nH]c(=O)c1CCC(=O)Nc1nc(-c2ccc(Cl)s2)cs1. The van der Waals surface area contributed by atoms with Crippen LogP contribution < -0.4 is 15.8 Å². The monoisotopic (exact) mass is 465 g/mol. The first-order chi connectivity index (χ1) is 14.5. The van der Waals surface area contributed by atoms with Gasteiger partial charge in [-0.1, -0.05) is 11.6 Å². The van der Waals surface area contributed by atoms with Crippen molar-refractivity contribution in [1.29, 1.82) is 0 Å². The highest BCUT2D eigenvalue weighted by Crippen LogP contribution is 2.32. The van der Waals surface area contributed by atoms with E-state index >= 15 is 0 Å². The summed E-state index contributed by atoms with van der Waals surface area (Å²) in [5.41, 5.74) is 1.74. The molecule has 1 amide bonds. The van der Waals surface area contributed by atoms with Gasteiger partial charge in [0.05, 0.1) is 28.1 Å². The summed E-state index contributed by atoms with van der Waals surface area (Å²) in [5.74, 6) is 0.356. The topological polar surface area (TPSA) is 100 Å². The molecule has 0 unspecified atom stereocenters. The van der Waals surface area contributed by atoms with Gasteiger partial charge in [-0.05, 0) is 25.5 Å². The smallest absolute Gasteiger partial charge is 0.255 e. The molecule has 0 spiro atoms. The minimum absolute atomic E-state index is 0.169. The van der Waals surface area contributed by atoms with E-state index in [-0.39, 0.29) is 17.9 Å². The van der Waals surface area contributed by atoms with Crippen LogP contribution >= 0.6 is 34.3 Å². The number of aromatic nitrogens is 3. The number of thiophene rings is 1. The van der Waals surface area contributed by atoms with Crippen LogP contribution in [0.2, 0.25) is 4.34 Å². The van der Waals surface area contributed by atoms with Gasteiger partial charge in [0.15, 0.2) is 5.13 Å². The molecule has 0 atom stereocenters. The van der Waals surface area contributed by atoms with Crippen LogP contribution in [0.15, 0.2) is 22.3 Å². The molecule has 2 N–H and O–H groups in total. The molecule has 30 heavy (non-hydrogen) atoms. The molecule has 0 aliphatic carbocycles. The molecule has 1 aliphatic rings. The van der Waals surface area contributed by atoms with Gasteiger partial charge in [0.1, 0.15) is 0 Å². The van der Waals surface area contributed by atoms with Crippen molar-refractivity contribution in [1.82, 2.24) is 15.0 Å². The summed E-state index contributed by atoms with van der Waals surface area (Å²) < 4.78 is 6.02. The van der Waals surface area contributed by atoms with E-state index in [2.05, 4.69) is 20.3 Å². The second-order valence-corrected chi connectivity index (χ2v) is 9.32. The van der Waals surface area contributed by atoms with Gasteiger partial charge in [-0.15, -0.1) is 22.7 Å². The fourth-order valence-corrected chi connectivity index (χ4v) is 4.94. The van der Waals surface area contributed by atoms with Crippen LogP contribution in [0.1, 0.15) is 17.7 Å². The zero-order valence-electron chi connectivity index (χ0n) is 16.2. The average molecular weight is 466 g/mol. The molecule has 8 nitrogen and oxygen atoms in total. The fourth-order valence-electron chi connectivity index (χ4n) is 3.13. The lowest BCUT2D eigenvalue weighted by molar-refractivity contribution is -0.116. The van der Waals surface area contributed by atoms with E-state index in [0.29, 0.717) is 59.4 Å². The second kappa shape index (κ2) is 9.25. The summed E-state index contributed by atoms with van der Waals surface area (Å²) in [5, 5.41) is 5.19. The Morgan fingerprint density at radius 1 is 1.33 bits per heavy atom. The van der Waals surface area contributed by atoms with E-state index in [0.717, 1.165) is 10.6 Å². The first-order valence-electron chi connectivity index (χ1n) is 9.43. The Kier molecular flexibility index (Phi) is 6.47. The van der Waals surface area contributed by atoms with Crippen molar-refractivity contribution in [3.05, 3.63) is 43.5 Å². The van der Waals surface area contributed by atoms with Crippen molar-refractivity contribution in [2.75, 3.05) is 36.5 Å². The molecule has 0 bridgehead atoms. The van der Waals surface area contributed by atoms with Gasteiger partial charge < -0.3 is 15.0 Å². The first kappa shape index (κ1) is 21.0. The molecule has 3 aromatic rings. The number of nitrogens with zero attached hydrogens (tertiary/aromatic N) is 3. The van der Waals surface area contributed by atoms with Crippen molar-refractivity contribution in [3.63, 3.8) is 0 Å². The van der Waals surface area contributed by atoms with E-state index < -0.39 is 0 Å². The molecule has 0 saturated carbocycles. The van der Waals surface area contributed by atoms with E-state index in [9.17, 15) is 9.59 Å². The Morgan fingerprint density at radius 2 is 2.13 bits per heavy atom. The number of rotatable bonds is 6. The maximum atomic E-state index is 12.5. The molecule has 11 heteroatoms. The number of amides is 1. The third-order valence-electron chi connectivity index (χ3n) is 4.70.